The maximum absolute atomic E-state index is 13.8. The van der Waals surface area contributed by atoms with E-state index in [1.54, 1.807) is 42.2 Å². The fourth-order valence-corrected chi connectivity index (χ4v) is 5.12. The first-order chi connectivity index (χ1) is 21.9. The number of carbonyl (C=O) groups excluding carboxylic acids is 2. The number of nitrogens with zero attached hydrogens (tertiary/aromatic N) is 5. The molecule has 6 rings (SSSR count). The highest BCUT2D eigenvalue weighted by atomic mass is 35.5. The van der Waals surface area contributed by atoms with Gasteiger partial charge in [-0.25, -0.2) is 4.68 Å². The molecule has 3 heterocycles. The Balaban J connectivity index is 1.38. The molecule has 0 aliphatic carbocycles. The van der Waals surface area contributed by atoms with E-state index in [0.29, 0.717) is 39.8 Å². The zero-order valence-electron chi connectivity index (χ0n) is 24.2. The number of pyridine rings is 1. The van der Waals surface area contributed by atoms with Gasteiger partial charge in [0.25, 0.3) is 11.8 Å². The average Bonchev–Trinajstić information content (AvgIpc) is 3.50. The summed E-state index contributed by atoms with van der Waals surface area (Å²) in [4.78, 5) is 32.2. The molecule has 45 heavy (non-hydrogen) atoms. The summed E-state index contributed by atoms with van der Waals surface area (Å²) >= 11 is 5.99. The second-order valence-corrected chi connectivity index (χ2v) is 10.8. The number of benzene rings is 3. The number of rotatable bonds is 8. The molecule has 5 aromatic rings. The Morgan fingerprint density at radius 2 is 1.67 bits per heavy atom. The fourth-order valence-electron chi connectivity index (χ4n) is 4.99. The van der Waals surface area contributed by atoms with Crippen LogP contribution in [0, 0.1) is 11.3 Å². The van der Waals surface area contributed by atoms with Crippen molar-refractivity contribution < 1.29 is 14.3 Å². The van der Waals surface area contributed by atoms with Crippen LogP contribution in [0.5, 0.6) is 5.75 Å². The van der Waals surface area contributed by atoms with Gasteiger partial charge >= 0.3 is 0 Å². The molecule has 0 saturated carbocycles. The molecule has 1 aliphatic heterocycles. The Morgan fingerprint density at radius 3 is 2.36 bits per heavy atom. The molecule has 1 aliphatic rings. The summed E-state index contributed by atoms with van der Waals surface area (Å²) in [5.74, 6) is -0.444. The maximum atomic E-state index is 13.8. The molecular formula is C36H26ClN5O3. The van der Waals surface area contributed by atoms with Gasteiger partial charge in [-0.15, -0.1) is 0 Å². The van der Waals surface area contributed by atoms with Gasteiger partial charge in [0.1, 0.15) is 24.0 Å². The van der Waals surface area contributed by atoms with Crippen LogP contribution in [-0.4, -0.2) is 31.5 Å². The number of amides is 2. The van der Waals surface area contributed by atoms with E-state index in [9.17, 15) is 14.9 Å². The lowest BCUT2D eigenvalue weighted by Gasteiger charge is -2.27. The standard InChI is InChI=1S/C36H26ClN5O3/c1-24-32(35(43)41(36(44)33(24)19-38)21-26-6-5-17-39-20-26)18-28-22-42(30-7-3-2-4-8-30)40-34(28)27-11-15-31(16-12-27)45-23-25-9-13-29(37)14-10-25/h2-18,20,22H,21,23H2,1H3/b32-18+. The number of hydrogen-bond donors (Lipinski definition) is 0. The molecule has 0 saturated heterocycles. The van der Waals surface area contributed by atoms with Crippen LogP contribution in [0.3, 0.4) is 0 Å². The van der Waals surface area contributed by atoms with Gasteiger partial charge < -0.3 is 4.74 Å². The molecule has 0 spiro atoms. The molecule has 0 N–H and O–H groups in total. The molecule has 2 aromatic heterocycles. The van der Waals surface area contributed by atoms with Crippen LogP contribution in [0.4, 0.5) is 0 Å². The molecule has 0 atom stereocenters. The first-order valence-corrected chi connectivity index (χ1v) is 14.5. The smallest absolute Gasteiger partial charge is 0.271 e. The van der Waals surface area contributed by atoms with E-state index in [2.05, 4.69) is 4.98 Å². The maximum Gasteiger partial charge on any atom is 0.271 e. The number of imide groups is 1. The largest absolute Gasteiger partial charge is 0.489 e. The summed E-state index contributed by atoms with van der Waals surface area (Å²) in [7, 11) is 0. The zero-order chi connectivity index (χ0) is 31.3. The summed E-state index contributed by atoms with van der Waals surface area (Å²) in [5.41, 5.74) is 5.03. The lowest BCUT2D eigenvalue weighted by atomic mass is 9.93. The quantitative estimate of drug-likeness (QED) is 0.139. The molecule has 220 valence electrons. The van der Waals surface area contributed by atoms with Crippen LogP contribution in [0.1, 0.15) is 23.6 Å². The highest BCUT2D eigenvalue weighted by Crippen LogP contribution is 2.32. The van der Waals surface area contributed by atoms with Crippen LogP contribution in [0.2, 0.25) is 5.02 Å². The molecule has 8 nitrogen and oxygen atoms in total. The minimum atomic E-state index is -0.629. The number of carbonyl (C=O) groups is 2. The van der Waals surface area contributed by atoms with Gasteiger partial charge in [-0.2, -0.15) is 10.4 Å². The number of hydrogen-bond acceptors (Lipinski definition) is 6. The van der Waals surface area contributed by atoms with Gasteiger partial charge in [-0.05, 0) is 84.3 Å². The highest BCUT2D eigenvalue weighted by molar-refractivity contribution is 6.30. The van der Waals surface area contributed by atoms with Crippen molar-refractivity contribution in [3.63, 3.8) is 0 Å². The molecular weight excluding hydrogens is 586 g/mol. The van der Waals surface area contributed by atoms with E-state index in [4.69, 9.17) is 21.4 Å². The Morgan fingerprint density at radius 1 is 0.911 bits per heavy atom. The second kappa shape index (κ2) is 12.8. The number of aromatic nitrogens is 3. The van der Waals surface area contributed by atoms with Gasteiger partial charge in [0.05, 0.1) is 17.9 Å². The van der Waals surface area contributed by atoms with Crippen molar-refractivity contribution in [2.45, 2.75) is 20.1 Å². The lowest BCUT2D eigenvalue weighted by molar-refractivity contribution is -0.141. The van der Waals surface area contributed by atoms with Crippen molar-refractivity contribution in [3.05, 3.63) is 148 Å². The molecule has 0 fully saturated rings. The van der Waals surface area contributed by atoms with Crippen LogP contribution < -0.4 is 4.74 Å². The van der Waals surface area contributed by atoms with Crippen molar-refractivity contribution >= 4 is 29.5 Å². The highest BCUT2D eigenvalue weighted by Gasteiger charge is 2.35. The average molecular weight is 612 g/mol. The third-order valence-corrected chi connectivity index (χ3v) is 7.65. The van der Waals surface area contributed by atoms with E-state index >= 15 is 0 Å². The van der Waals surface area contributed by atoms with Crippen LogP contribution in [0.15, 0.2) is 126 Å². The first kappa shape index (κ1) is 29.3. The third kappa shape index (κ3) is 6.30. The molecule has 9 heteroatoms. The zero-order valence-corrected chi connectivity index (χ0v) is 25.0. The summed E-state index contributed by atoms with van der Waals surface area (Å²) in [6, 6.07) is 30.1. The van der Waals surface area contributed by atoms with Gasteiger partial charge in [0.15, 0.2) is 0 Å². The van der Waals surface area contributed by atoms with Crippen LogP contribution >= 0.6 is 11.6 Å². The van der Waals surface area contributed by atoms with Crippen molar-refractivity contribution in [3.8, 4) is 28.8 Å². The summed E-state index contributed by atoms with van der Waals surface area (Å²) < 4.78 is 7.71. The minimum Gasteiger partial charge on any atom is -0.489 e. The van der Waals surface area contributed by atoms with E-state index in [1.807, 2.05) is 91.1 Å². The Hall–Kier alpha value is -5.78. The molecule has 2 amide bonds. The summed E-state index contributed by atoms with van der Waals surface area (Å²) in [6.07, 6.45) is 6.73. The molecule has 0 radical (unpaired) electrons. The molecule has 0 bridgehead atoms. The monoisotopic (exact) mass is 611 g/mol. The molecule has 0 unspecified atom stereocenters. The topological polar surface area (TPSA) is 101 Å². The van der Waals surface area contributed by atoms with E-state index < -0.39 is 11.8 Å². The molecule has 3 aromatic carbocycles. The van der Waals surface area contributed by atoms with Crippen LogP contribution in [-0.2, 0) is 22.7 Å². The number of nitriles is 1. The van der Waals surface area contributed by atoms with E-state index in [-0.39, 0.29) is 17.7 Å². The number of ether oxygens (including phenoxy) is 1. The minimum absolute atomic E-state index is 0.00504. The number of para-hydroxylation sites is 1. The lowest BCUT2D eigenvalue weighted by Crippen LogP contribution is -2.42. The fraction of sp³-hybridized carbons (Fsp3) is 0.0833. The van der Waals surface area contributed by atoms with E-state index in [1.165, 1.54) is 0 Å². The van der Waals surface area contributed by atoms with Crippen molar-refractivity contribution in [2.75, 3.05) is 0 Å². The normalized spacial score (nSPS) is 14.2. The van der Waals surface area contributed by atoms with Crippen molar-refractivity contribution in [1.82, 2.24) is 19.7 Å². The van der Waals surface area contributed by atoms with Gasteiger partial charge in [-0.3, -0.25) is 19.5 Å². The van der Waals surface area contributed by atoms with Gasteiger partial charge in [-0.1, -0.05) is 48.0 Å². The van der Waals surface area contributed by atoms with Gasteiger partial charge in [0.2, 0.25) is 0 Å². The third-order valence-electron chi connectivity index (χ3n) is 7.40. The SMILES string of the molecule is CC1=C(C#N)C(=O)N(Cc2cccnc2)C(=O)/C1=C/c1cn(-c2ccccc2)nc1-c1ccc(OCc2ccc(Cl)cc2)cc1. The Bertz CT molecular complexity index is 1970. The number of halogens is 1. The Kier molecular flexibility index (Phi) is 8.36. The van der Waals surface area contributed by atoms with E-state index in [0.717, 1.165) is 21.7 Å². The van der Waals surface area contributed by atoms with Crippen molar-refractivity contribution in [1.29, 1.82) is 5.26 Å². The predicted octanol–water partition coefficient (Wildman–Crippen LogP) is 6.96. The first-order valence-electron chi connectivity index (χ1n) is 14.1. The van der Waals surface area contributed by atoms with Crippen LogP contribution in [0.25, 0.3) is 23.0 Å². The second-order valence-electron chi connectivity index (χ2n) is 10.4. The Labute approximate surface area is 265 Å². The predicted molar refractivity (Wildman–Crippen MR) is 171 cm³/mol. The van der Waals surface area contributed by atoms with Crippen molar-refractivity contribution in [2.24, 2.45) is 0 Å². The summed E-state index contributed by atoms with van der Waals surface area (Å²) in [5, 5.41) is 15.4. The summed E-state index contributed by atoms with van der Waals surface area (Å²) in [6.45, 7) is 2.00. The van der Waals surface area contributed by atoms with Gasteiger partial charge in [0, 0.05) is 40.3 Å².